The van der Waals surface area contributed by atoms with Crippen molar-refractivity contribution in [1.29, 1.82) is 0 Å². The fourth-order valence-corrected chi connectivity index (χ4v) is 8.37. The Labute approximate surface area is 241 Å². The van der Waals surface area contributed by atoms with Crippen molar-refractivity contribution in [2.45, 2.75) is 59.1 Å². The number of carbonyl (C=O) groups excluding carboxylic acids is 4. The Morgan fingerprint density at radius 1 is 0.738 bits per heavy atom. The van der Waals surface area contributed by atoms with Gasteiger partial charge < -0.3 is 9.47 Å². The van der Waals surface area contributed by atoms with Gasteiger partial charge in [0.15, 0.2) is 0 Å². The molecule has 16 heteroatoms. The summed E-state index contributed by atoms with van der Waals surface area (Å²) in [7, 11) is -8.76. The van der Waals surface area contributed by atoms with Gasteiger partial charge in [0.25, 0.3) is 0 Å². The molecule has 42 heavy (non-hydrogen) atoms. The highest BCUT2D eigenvalue weighted by molar-refractivity contribution is 7.94. The maximum absolute atomic E-state index is 13.4. The molecule has 0 amide bonds. The van der Waals surface area contributed by atoms with Crippen LogP contribution < -0.4 is 10.6 Å². The molecule has 0 radical (unpaired) electrons. The third-order valence-corrected chi connectivity index (χ3v) is 11.5. The number of rotatable bonds is 10. The Bertz CT molecular complexity index is 1520. The van der Waals surface area contributed by atoms with Crippen molar-refractivity contribution >= 4 is 43.6 Å². The van der Waals surface area contributed by atoms with Crippen LogP contribution in [0.1, 0.15) is 36.8 Å². The van der Waals surface area contributed by atoms with E-state index in [1.54, 1.807) is 26.0 Å². The van der Waals surface area contributed by atoms with Crippen molar-refractivity contribution in [3.05, 3.63) is 59.7 Å². The zero-order valence-electron chi connectivity index (χ0n) is 22.6. The first-order valence-electron chi connectivity index (χ1n) is 12.6. The summed E-state index contributed by atoms with van der Waals surface area (Å²) < 4.78 is 63.2. The van der Waals surface area contributed by atoms with E-state index in [1.807, 2.05) is 0 Å². The molecular formula is C26H28N2O12S2. The van der Waals surface area contributed by atoms with Crippen molar-refractivity contribution < 1.29 is 55.3 Å². The summed E-state index contributed by atoms with van der Waals surface area (Å²) in [6, 6.07) is 11.7. The second-order valence-corrected chi connectivity index (χ2v) is 14.1. The van der Waals surface area contributed by atoms with Gasteiger partial charge in [-0.05, 0) is 49.2 Å². The topological polar surface area (TPSA) is 198 Å². The Morgan fingerprint density at radius 3 is 1.43 bits per heavy atom. The number of esters is 2. The van der Waals surface area contributed by atoms with Gasteiger partial charge in [-0.3, -0.25) is 10.6 Å². The summed E-state index contributed by atoms with van der Waals surface area (Å²) in [5.41, 5.74) is 1.25. The summed E-state index contributed by atoms with van der Waals surface area (Å²) in [6.07, 6.45) is -2.57. The molecule has 2 atom stereocenters. The van der Waals surface area contributed by atoms with Crippen molar-refractivity contribution in [1.82, 2.24) is 10.6 Å². The lowest BCUT2D eigenvalue weighted by Crippen LogP contribution is -2.53. The van der Waals surface area contributed by atoms with Crippen LogP contribution in [0.4, 0.5) is 0 Å². The average Bonchev–Trinajstić information content (AvgIpc) is 3.52. The first kappa shape index (κ1) is 31.1. The van der Waals surface area contributed by atoms with Crippen molar-refractivity contribution in [2.24, 2.45) is 0 Å². The molecule has 0 bridgehead atoms. The number of cyclic esters (lactones) is 2. The van der Waals surface area contributed by atoms with Crippen LogP contribution in [0.2, 0.25) is 0 Å². The predicted molar refractivity (Wildman–Crippen MR) is 141 cm³/mol. The third kappa shape index (κ3) is 5.62. The fraction of sp³-hybridized carbons (Fsp3) is 0.385. The molecule has 4 rings (SSSR count). The average molecular weight is 625 g/mol. The molecular weight excluding hydrogens is 596 g/mol. The Morgan fingerprint density at radius 2 is 1.12 bits per heavy atom. The molecule has 0 spiro atoms. The molecule has 2 aromatic carbocycles. The lowest BCUT2D eigenvalue weighted by molar-refractivity contribution is -0.259. The molecule has 226 valence electrons. The van der Waals surface area contributed by atoms with Crippen LogP contribution in [0.25, 0.3) is 0 Å². The maximum atomic E-state index is 13.4. The van der Waals surface area contributed by atoms with Crippen LogP contribution in [0.3, 0.4) is 0 Å². The minimum Gasteiger partial charge on any atom is -0.448 e. The predicted octanol–water partition coefficient (Wildman–Crippen LogP) is 0.713. The maximum Gasteiger partial charge on any atom is 0.355 e. The van der Waals surface area contributed by atoms with Gasteiger partial charge in [0.05, 0.1) is 22.6 Å². The molecule has 0 aromatic heterocycles. The first-order valence-corrected chi connectivity index (χ1v) is 15.6. The number of hydrogen-bond acceptors (Lipinski definition) is 14. The third-order valence-electron chi connectivity index (χ3n) is 6.89. The number of carbonyl (C=O) groups is 4. The molecule has 0 unspecified atom stereocenters. The van der Waals surface area contributed by atoms with E-state index in [0.29, 0.717) is 11.1 Å². The number of aryl methyl sites for hydroxylation is 2. The highest BCUT2D eigenvalue weighted by Crippen LogP contribution is 2.34. The molecule has 2 saturated heterocycles. The molecule has 2 heterocycles. The van der Waals surface area contributed by atoms with E-state index in [9.17, 15) is 36.0 Å². The van der Waals surface area contributed by atoms with Crippen LogP contribution >= 0.6 is 0 Å². The number of nitrogens with one attached hydrogen (secondary N) is 2. The van der Waals surface area contributed by atoms with Gasteiger partial charge in [0.2, 0.25) is 29.4 Å². The van der Waals surface area contributed by atoms with Crippen LogP contribution in [0, 0.1) is 13.8 Å². The molecule has 0 aliphatic carbocycles. The van der Waals surface area contributed by atoms with E-state index in [1.165, 1.54) is 36.4 Å². The quantitative estimate of drug-likeness (QED) is 0.213. The van der Waals surface area contributed by atoms with E-state index in [-0.39, 0.29) is 9.79 Å². The molecule has 0 saturated carbocycles. The first-order chi connectivity index (χ1) is 19.7. The minimum atomic E-state index is -4.38. The highest BCUT2D eigenvalue weighted by atomic mass is 32.2. The molecule has 2 N–H and O–H groups in total. The van der Waals surface area contributed by atoms with Crippen LogP contribution in [0.5, 0.6) is 0 Å². The zero-order valence-corrected chi connectivity index (χ0v) is 24.2. The molecule has 2 aliphatic rings. The molecule has 14 nitrogen and oxygen atoms in total. The van der Waals surface area contributed by atoms with Gasteiger partial charge in [-0.1, -0.05) is 24.3 Å². The van der Waals surface area contributed by atoms with Gasteiger partial charge in [0, 0.05) is 12.8 Å². The second kappa shape index (κ2) is 11.8. The number of sulfone groups is 2. The van der Waals surface area contributed by atoms with Crippen molar-refractivity contribution in [3.8, 4) is 0 Å². The van der Waals surface area contributed by atoms with Gasteiger partial charge in [-0.25, -0.2) is 45.8 Å². The monoisotopic (exact) mass is 624 g/mol. The molecule has 2 aliphatic heterocycles. The van der Waals surface area contributed by atoms with E-state index in [2.05, 4.69) is 20.4 Å². The number of benzene rings is 2. The van der Waals surface area contributed by atoms with E-state index in [0.717, 1.165) is 0 Å². The SMILES string of the molecule is Cc1cccc(S(=O)(=O)[C@]2(CCC(=O)OOC(=O)CC[C@@]3(S(=O)(=O)c4cccc(C)c4)NCOC3=O)NCOC2=O)c1. The molecule has 2 fully saturated rings. The number of hydrogen-bond donors (Lipinski definition) is 2. The van der Waals surface area contributed by atoms with E-state index < -0.39 is 92.4 Å². The van der Waals surface area contributed by atoms with Crippen LogP contribution in [-0.2, 0) is 58.1 Å². The Balaban J connectivity index is 1.39. The normalized spacial score (nSPS) is 22.3. The molecule has 2 aromatic rings. The van der Waals surface area contributed by atoms with E-state index in [4.69, 9.17) is 9.47 Å². The second-order valence-electron chi connectivity index (χ2n) is 9.71. The largest absolute Gasteiger partial charge is 0.448 e. The van der Waals surface area contributed by atoms with Crippen LogP contribution in [0.15, 0.2) is 58.3 Å². The number of ether oxygens (including phenoxy) is 2. The Kier molecular flexibility index (Phi) is 8.73. The van der Waals surface area contributed by atoms with Gasteiger partial charge >= 0.3 is 23.9 Å². The van der Waals surface area contributed by atoms with Crippen LogP contribution in [-0.4, -0.2) is 63.9 Å². The summed E-state index contributed by atoms with van der Waals surface area (Å²) >= 11 is 0. The summed E-state index contributed by atoms with van der Waals surface area (Å²) in [5.74, 6) is -4.59. The smallest absolute Gasteiger partial charge is 0.355 e. The van der Waals surface area contributed by atoms with Gasteiger partial charge in [-0.2, -0.15) is 0 Å². The summed E-state index contributed by atoms with van der Waals surface area (Å²) in [5, 5.41) is 5.01. The lowest BCUT2D eigenvalue weighted by atomic mass is 10.1. The fourth-order valence-electron chi connectivity index (χ4n) is 4.57. The lowest BCUT2D eigenvalue weighted by Gasteiger charge is -2.25. The van der Waals surface area contributed by atoms with Gasteiger partial charge in [-0.15, -0.1) is 0 Å². The minimum absolute atomic E-state index is 0.165. The van der Waals surface area contributed by atoms with E-state index >= 15 is 0 Å². The van der Waals surface area contributed by atoms with Crippen molar-refractivity contribution in [2.75, 3.05) is 13.5 Å². The standard InChI is InChI=1S/C26H28N2O12S2/c1-17-5-3-7-19(13-17)41(33,34)25(23(31)37-15-27-25)11-9-21(29)39-40-22(30)10-12-26(24(32)38-16-28-26)42(35,36)20-8-4-6-18(2)14-20/h3-8,13-14,27-28H,9-12,15-16H2,1-2H3/t25-,26-/m0/s1. The van der Waals surface area contributed by atoms with Crippen molar-refractivity contribution in [3.63, 3.8) is 0 Å². The zero-order chi connectivity index (χ0) is 30.8. The highest BCUT2D eigenvalue weighted by Gasteiger charge is 2.57. The summed E-state index contributed by atoms with van der Waals surface area (Å²) in [4.78, 5) is 53.9. The van der Waals surface area contributed by atoms with Gasteiger partial charge in [0.1, 0.15) is 13.5 Å². The Hall–Kier alpha value is -3.86. The summed E-state index contributed by atoms with van der Waals surface area (Å²) in [6.45, 7) is 2.53.